The normalized spacial score (nSPS) is 18.0. The highest BCUT2D eigenvalue weighted by molar-refractivity contribution is 6.23. The zero-order chi connectivity index (χ0) is 24.6. The monoisotopic (exact) mass is 464 g/mol. The summed E-state index contributed by atoms with van der Waals surface area (Å²) in [6, 6.07) is 10.6. The van der Waals surface area contributed by atoms with Crippen LogP contribution in [-0.2, 0) is 9.59 Å². The number of hydrogen-bond acceptors (Lipinski definition) is 6. The molecule has 0 bridgehead atoms. The summed E-state index contributed by atoms with van der Waals surface area (Å²) in [5.74, 6) is -1.08. The molecule has 9 nitrogen and oxygen atoms in total. The van der Waals surface area contributed by atoms with Crippen LogP contribution in [0.15, 0.2) is 42.5 Å². The van der Waals surface area contributed by atoms with Gasteiger partial charge in [0.2, 0.25) is 5.91 Å². The van der Waals surface area contributed by atoms with Crippen molar-refractivity contribution in [1.82, 2.24) is 9.80 Å². The van der Waals surface area contributed by atoms with Gasteiger partial charge < -0.3 is 19.9 Å². The minimum Gasteiger partial charge on any atom is -0.479 e. The molecule has 34 heavy (non-hydrogen) atoms. The van der Waals surface area contributed by atoms with Crippen molar-refractivity contribution in [1.29, 1.82) is 0 Å². The van der Waals surface area contributed by atoms with E-state index in [4.69, 9.17) is 4.74 Å². The van der Waals surface area contributed by atoms with Crippen LogP contribution in [0.1, 0.15) is 41.0 Å². The summed E-state index contributed by atoms with van der Waals surface area (Å²) in [5.41, 5.74) is 1.60. The molecule has 2 aromatic carbocycles. The third-order valence-corrected chi connectivity index (χ3v) is 6.01. The minimum absolute atomic E-state index is 0.144. The van der Waals surface area contributed by atoms with Gasteiger partial charge in [0.1, 0.15) is 11.8 Å². The van der Waals surface area contributed by atoms with Crippen LogP contribution < -0.4 is 15.0 Å². The lowest BCUT2D eigenvalue weighted by Crippen LogP contribution is -2.46. The molecule has 0 aliphatic carbocycles. The van der Waals surface area contributed by atoms with Crippen molar-refractivity contribution < 1.29 is 23.9 Å². The molecule has 178 valence electrons. The molecule has 4 amide bonds. The molecule has 0 saturated carbocycles. The summed E-state index contributed by atoms with van der Waals surface area (Å²) >= 11 is 0. The van der Waals surface area contributed by atoms with E-state index in [-0.39, 0.29) is 5.91 Å². The Morgan fingerprint density at radius 3 is 2.35 bits per heavy atom. The van der Waals surface area contributed by atoms with Gasteiger partial charge in [0, 0.05) is 12.2 Å². The SMILES string of the molecule is CC1Oc2ccc(NC(=O)C(C)N3C(=O)c4ccccc4C3=O)cc2N(CCCN(C)C)C1=O. The van der Waals surface area contributed by atoms with E-state index in [0.29, 0.717) is 34.8 Å². The maximum Gasteiger partial charge on any atom is 0.267 e. The first-order chi connectivity index (χ1) is 16.2. The molecular formula is C25H28N4O5. The number of imide groups is 1. The van der Waals surface area contributed by atoms with E-state index in [1.54, 1.807) is 54.3 Å². The van der Waals surface area contributed by atoms with Crippen molar-refractivity contribution in [3.8, 4) is 5.75 Å². The molecule has 4 rings (SSSR count). The highest BCUT2D eigenvalue weighted by atomic mass is 16.5. The molecule has 0 radical (unpaired) electrons. The molecule has 0 fully saturated rings. The van der Waals surface area contributed by atoms with Crippen LogP contribution in [-0.4, -0.2) is 72.8 Å². The first-order valence-corrected chi connectivity index (χ1v) is 11.2. The van der Waals surface area contributed by atoms with Crippen LogP contribution >= 0.6 is 0 Å². The Labute approximate surface area is 198 Å². The van der Waals surface area contributed by atoms with Crippen molar-refractivity contribution in [3.63, 3.8) is 0 Å². The first-order valence-electron chi connectivity index (χ1n) is 11.2. The molecule has 0 saturated heterocycles. The van der Waals surface area contributed by atoms with Crippen molar-refractivity contribution in [2.24, 2.45) is 0 Å². The topological polar surface area (TPSA) is 99.3 Å². The van der Waals surface area contributed by atoms with Crippen LogP contribution in [0, 0.1) is 0 Å². The largest absolute Gasteiger partial charge is 0.479 e. The summed E-state index contributed by atoms with van der Waals surface area (Å²) < 4.78 is 5.74. The minimum atomic E-state index is -1.02. The van der Waals surface area contributed by atoms with Crippen LogP contribution in [0.3, 0.4) is 0 Å². The second kappa shape index (κ2) is 9.26. The second-order valence-corrected chi connectivity index (χ2v) is 8.78. The van der Waals surface area contributed by atoms with Crippen LogP contribution in [0.25, 0.3) is 0 Å². The van der Waals surface area contributed by atoms with Gasteiger partial charge in [-0.05, 0) is 71.2 Å². The molecule has 2 unspecified atom stereocenters. The third kappa shape index (κ3) is 4.26. The Morgan fingerprint density at radius 1 is 1.09 bits per heavy atom. The van der Waals surface area contributed by atoms with Gasteiger partial charge in [-0.1, -0.05) is 12.1 Å². The second-order valence-electron chi connectivity index (χ2n) is 8.78. The molecule has 2 aromatic rings. The van der Waals surface area contributed by atoms with Crippen molar-refractivity contribution in [2.45, 2.75) is 32.4 Å². The summed E-state index contributed by atoms with van der Waals surface area (Å²) in [5, 5.41) is 2.77. The number of rotatable bonds is 7. The number of carbonyl (C=O) groups is 4. The third-order valence-electron chi connectivity index (χ3n) is 6.01. The number of anilines is 2. The fourth-order valence-corrected chi connectivity index (χ4v) is 4.18. The summed E-state index contributed by atoms with van der Waals surface area (Å²) in [4.78, 5) is 55.9. The fourth-order valence-electron chi connectivity index (χ4n) is 4.18. The Kier molecular flexibility index (Phi) is 6.39. The van der Waals surface area contributed by atoms with Gasteiger partial charge >= 0.3 is 0 Å². The van der Waals surface area contributed by atoms with E-state index in [0.717, 1.165) is 17.9 Å². The number of ether oxygens (including phenoxy) is 1. The number of nitrogens with zero attached hydrogens (tertiary/aromatic N) is 3. The van der Waals surface area contributed by atoms with E-state index in [9.17, 15) is 19.2 Å². The van der Waals surface area contributed by atoms with Crippen LogP contribution in [0.5, 0.6) is 5.75 Å². The Hall–Kier alpha value is -3.72. The van der Waals surface area contributed by atoms with Gasteiger partial charge in [-0.25, -0.2) is 0 Å². The maximum atomic E-state index is 13.0. The predicted molar refractivity (Wildman–Crippen MR) is 127 cm³/mol. The van der Waals surface area contributed by atoms with Crippen molar-refractivity contribution >= 4 is 35.0 Å². The van der Waals surface area contributed by atoms with Gasteiger partial charge in [-0.3, -0.25) is 24.1 Å². The molecule has 2 aliphatic heterocycles. The highest BCUT2D eigenvalue weighted by Crippen LogP contribution is 2.36. The van der Waals surface area contributed by atoms with E-state index in [2.05, 4.69) is 5.32 Å². The highest BCUT2D eigenvalue weighted by Gasteiger charge is 2.40. The van der Waals surface area contributed by atoms with Gasteiger partial charge in [0.15, 0.2) is 6.10 Å². The van der Waals surface area contributed by atoms with Gasteiger partial charge in [0.25, 0.3) is 17.7 Å². The lowest BCUT2D eigenvalue weighted by Gasteiger charge is -2.33. The average Bonchev–Trinajstić information content (AvgIpc) is 3.06. The molecule has 0 aromatic heterocycles. The lowest BCUT2D eigenvalue weighted by atomic mass is 10.1. The number of fused-ring (bicyclic) bond motifs is 2. The maximum absolute atomic E-state index is 13.0. The molecule has 1 N–H and O–H groups in total. The van der Waals surface area contributed by atoms with Gasteiger partial charge in [-0.2, -0.15) is 0 Å². The van der Waals surface area contributed by atoms with E-state index >= 15 is 0 Å². The molecule has 2 atom stereocenters. The molecule has 9 heteroatoms. The number of hydrogen-bond donors (Lipinski definition) is 1. The molecule has 2 aliphatic rings. The van der Waals surface area contributed by atoms with Crippen LogP contribution in [0.4, 0.5) is 11.4 Å². The Balaban J connectivity index is 1.52. The number of nitrogens with one attached hydrogen (secondary N) is 1. The zero-order valence-corrected chi connectivity index (χ0v) is 19.7. The number of carbonyl (C=O) groups excluding carboxylic acids is 4. The summed E-state index contributed by atoms with van der Waals surface area (Å²) in [6.45, 7) is 4.56. The van der Waals surface area contributed by atoms with E-state index in [1.165, 1.54) is 6.92 Å². The molecule has 0 spiro atoms. The quantitative estimate of drug-likeness (QED) is 0.632. The Bertz CT molecular complexity index is 1130. The standard InChI is InChI=1S/C25H28N4O5/c1-15(29-24(32)18-8-5-6-9-19(18)25(29)33)22(30)26-17-10-11-21-20(14-17)28(13-7-12-27(3)4)23(31)16(2)34-21/h5-6,8-11,14-16H,7,12-13H2,1-4H3,(H,26,30). The van der Waals surface area contributed by atoms with Gasteiger partial charge in [-0.15, -0.1) is 0 Å². The smallest absolute Gasteiger partial charge is 0.267 e. The fraction of sp³-hybridized carbons (Fsp3) is 0.360. The number of benzene rings is 2. The molecule has 2 heterocycles. The summed E-state index contributed by atoms with van der Waals surface area (Å²) in [6.07, 6.45) is 0.180. The predicted octanol–water partition coefficient (Wildman–Crippen LogP) is 2.38. The Morgan fingerprint density at radius 2 is 1.74 bits per heavy atom. The lowest BCUT2D eigenvalue weighted by molar-refractivity contribution is -0.125. The van der Waals surface area contributed by atoms with Gasteiger partial charge in [0.05, 0.1) is 16.8 Å². The van der Waals surface area contributed by atoms with Crippen molar-refractivity contribution in [2.75, 3.05) is 37.4 Å². The van der Waals surface area contributed by atoms with E-state index < -0.39 is 29.9 Å². The van der Waals surface area contributed by atoms with Crippen molar-refractivity contribution in [3.05, 3.63) is 53.6 Å². The molecular weight excluding hydrogens is 436 g/mol. The summed E-state index contributed by atoms with van der Waals surface area (Å²) in [7, 11) is 3.95. The number of amides is 4. The van der Waals surface area contributed by atoms with Crippen LogP contribution in [0.2, 0.25) is 0 Å². The first kappa shape index (κ1) is 23.4. The zero-order valence-electron chi connectivity index (χ0n) is 19.7. The average molecular weight is 465 g/mol. The van der Waals surface area contributed by atoms with E-state index in [1.807, 2.05) is 19.0 Å².